The van der Waals surface area contributed by atoms with Gasteiger partial charge in [-0.1, -0.05) is 60.7 Å². The largest absolute Gasteiger partial charge is 0.497 e. The van der Waals surface area contributed by atoms with Crippen LogP contribution in [0.25, 0.3) is 0 Å². The third kappa shape index (κ3) is 7.45. The van der Waals surface area contributed by atoms with Gasteiger partial charge in [-0.05, 0) is 38.1 Å². The minimum atomic E-state index is -1.15. The molecule has 0 saturated carbocycles. The van der Waals surface area contributed by atoms with E-state index in [2.05, 4.69) is 0 Å². The number of methoxy groups -OCH3 is 1. The van der Waals surface area contributed by atoms with Crippen molar-refractivity contribution in [2.45, 2.75) is 20.3 Å². The molecule has 3 aromatic rings. The van der Waals surface area contributed by atoms with E-state index >= 15 is 0 Å². The van der Waals surface area contributed by atoms with E-state index in [1.807, 2.05) is 6.07 Å². The molecule has 0 heterocycles. The molecule has 0 N–H and O–H groups in total. The zero-order chi connectivity index (χ0) is 25.1. The van der Waals surface area contributed by atoms with Crippen LogP contribution in [0.2, 0.25) is 0 Å². The number of carbonyl (C=O) groups is 5. The first-order chi connectivity index (χ1) is 16.2. The Balaban J connectivity index is 0.000000248. The van der Waals surface area contributed by atoms with Crippen LogP contribution in [0.15, 0.2) is 84.9 Å². The van der Waals surface area contributed by atoms with Gasteiger partial charge in [0.05, 0.1) is 13.5 Å². The smallest absolute Gasteiger partial charge is 0.180 e. The van der Waals surface area contributed by atoms with E-state index in [0.717, 1.165) is 0 Å². The lowest BCUT2D eigenvalue weighted by atomic mass is 9.91. The van der Waals surface area contributed by atoms with Crippen molar-refractivity contribution >= 4 is 28.9 Å². The molecule has 174 valence electrons. The summed E-state index contributed by atoms with van der Waals surface area (Å²) in [6.07, 6.45) is -0.115. The zero-order valence-electron chi connectivity index (χ0n) is 19.3. The fourth-order valence-corrected chi connectivity index (χ4v) is 3.18. The highest BCUT2D eigenvalue weighted by atomic mass is 16.5. The quantitative estimate of drug-likeness (QED) is 0.337. The van der Waals surface area contributed by atoms with Crippen molar-refractivity contribution in [3.8, 4) is 5.75 Å². The molecule has 0 aliphatic carbocycles. The van der Waals surface area contributed by atoms with E-state index in [0.29, 0.717) is 22.4 Å². The van der Waals surface area contributed by atoms with Crippen molar-refractivity contribution in [2.24, 2.45) is 5.92 Å². The van der Waals surface area contributed by atoms with Gasteiger partial charge in [0.2, 0.25) is 0 Å². The predicted molar refractivity (Wildman–Crippen MR) is 128 cm³/mol. The molecule has 3 aromatic carbocycles. The Morgan fingerprint density at radius 2 is 1.03 bits per heavy atom. The lowest BCUT2D eigenvalue weighted by Gasteiger charge is -2.08. The van der Waals surface area contributed by atoms with Crippen molar-refractivity contribution in [3.63, 3.8) is 0 Å². The lowest BCUT2D eigenvalue weighted by Crippen LogP contribution is -2.28. The highest BCUT2D eigenvalue weighted by Crippen LogP contribution is 2.14. The molecule has 0 aliphatic rings. The Morgan fingerprint density at radius 1 is 0.618 bits per heavy atom. The second-order valence-electron chi connectivity index (χ2n) is 7.50. The van der Waals surface area contributed by atoms with Gasteiger partial charge in [0, 0.05) is 16.7 Å². The molecule has 6 heteroatoms. The molecule has 34 heavy (non-hydrogen) atoms. The summed E-state index contributed by atoms with van der Waals surface area (Å²) in [6.45, 7) is 2.51. The summed E-state index contributed by atoms with van der Waals surface area (Å²) >= 11 is 0. The standard InChI is InChI=1S/C16H14O3.C12H12O3/c1-19-14-9-7-13(8-10-14)16(18)11-15(17)12-5-3-2-4-6-12;1-8(13)11(9(2)14)12(15)10-6-4-3-5-7-10/h2-10H,11H2,1H3;3-7,11H,1-2H3. The van der Waals surface area contributed by atoms with E-state index in [-0.39, 0.29) is 18.0 Å². The number of ketones is 5. The minimum absolute atomic E-state index is 0.115. The van der Waals surface area contributed by atoms with Crippen LogP contribution >= 0.6 is 0 Å². The van der Waals surface area contributed by atoms with Crippen LogP contribution in [0.3, 0.4) is 0 Å². The Kier molecular flexibility index (Phi) is 9.77. The number of benzene rings is 3. The molecule has 0 amide bonds. The predicted octanol–water partition coefficient (Wildman–Crippen LogP) is 4.81. The molecular weight excluding hydrogens is 432 g/mol. The second-order valence-corrected chi connectivity index (χ2v) is 7.50. The highest BCUT2D eigenvalue weighted by molar-refractivity contribution is 6.23. The molecule has 3 rings (SSSR count). The Bertz CT molecular complexity index is 1130. The molecule has 0 aromatic heterocycles. The van der Waals surface area contributed by atoms with E-state index in [1.165, 1.54) is 13.8 Å². The zero-order valence-corrected chi connectivity index (χ0v) is 19.3. The fraction of sp³-hybridized carbons (Fsp3) is 0.179. The van der Waals surface area contributed by atoms with Gasteiger partial charge in [0.15, 0.2) is 17.3 Å². The number of ether oxygens (including phenoxy) is 1. The SMILES string of the molecule is CC(=O)C(C(C)=O)C(=O)c1ccccc1.COc1ccc(C(=O)CC(=O)c2ccccc2)cc1. The van der Waals surface area contributed by atoms with Crippen LogP contribution in [-0.4, -0.2) is 36.0 Å². The van der Waals surface area contributed by atoms with Crippen molar-refractivity contribution in [1.82, 2.24) is 0 Å². The third-order valence-electron chi connectivity index (χ3n) is 4.96. The minimum Gasteiger partial charge on any atom is -0.497 e. The summed E-state index contributed by atoms with van der Waals surface area (Å²) in [4.78, 5) is 58.0. The van der Waals surface area contributed by atoms with Crippen molar-refractivity contribution in [1.29, 1.82) is 0 Å². The van der Waals surface area contributed by atoms with E-state index in [4.69, 9.17) is 4.74 Å². The molecular formula is C28H26O6. The van der Waals surface area contributed by atoms with Gasteiger partial charge >= 0.3 is 0 Å². The molecule has 0 bridgehead atoms. The topological polar surface area (TPSA) is 94.6 Å². The molecule has 0 spiro atoms. The molecule has 6 nitrogen and oxygen atoms in total. The summed E-state index contributed by atoms with van der Waals surface area (Å²) in [7, 11) is 1.57. The van der Waals surface area contributed by atoms with Crippen molar-refractivity contribution in [2.75, 3.05) is 7.11 Å². The van der Waals surface area contributed by atoms with Gasteiger partial charge in [-0.15, -0.1) is 0 Å². The van der Waals surface area contributed by atoms with Crippen molar-refractivity contribution < 1.29 is 28.7 Å². The van der Waals surface area contributed by atoms with Crippen LogP contribution < -0.4 is 4.74 Å². The molecule has 0 aliphatic heterocycles. The number of rotatable bonds is 9. The first-order valence-corrected chi connectivity index (χ1v) is 10.6. The van der Waals surface area contributed by atoms with Crippen LogP contribution in [0.1, 0.15) is 51.3 Å². The second kappa shape index (κ2) is 12.7. The fourth-order valence-electron chi connectivity index (χ4n) is 3.18. The molecule has 0 saturated heterocycles. The molecule has 0 atom stereocenters. The average molecular weight is 459 g/mol. The van der Waals surface area contributed by atoms with Gasteiger partial charge in [0.25, 0.3) is 0 Å². The first kappa shape index (κ1) is 26.1. The van der Waals surface area contributed by atoms with Crippen LogP contribution in [-0.2, 0) is 9.59 Å². The number of Topliss-reactive ketones (excluding diaryl/α,β-unsaturated/α-hetero) is 5. The first-order valence-electron chi connectivity index (χ1n) is 10.6. The van der Waals surface area contributed by atoms with Gasteiger partial charge < -0.3 is 4.74 Å². The summed E-state index contributed by atoms with van der Waals surface area (Å²) in [5.74, 6) is -2.04. The third-order valence-corrected chi connectivity index (χ3v) is 4.96. The lowest BCUT2D eigenvalue weighted by molar-refractivity contribution is -0.128. The van der Waals surface area contributed by atoms with Gasteiger partial charge in [-0.3, -0.25) is 24.0 Å². The Labute approximate surface area is 198 Å². The number of hydrogen-bond acceptors (Lipinski definition) is 6. The van der Waals surface area contributed by atoms with Gasteiger partial charge in [-0.25, -0.2) is 0 Å². The van der Waals surface area contributed by atoms with Gasteiger partial charge in [0.1, 0.15) is 23.2 Å². The number of carbonyl (C=O) groups excluding carboxylic acids is 5. The molecule has 0 fully saturated rings. The van der Waals surface area contributed by atoms with Crippen LogP contribution in [0.5, 0.6) is 5.75 Å². The van der Waals surface area contributed by atoms with Gasteiger partial charge in [-0.2, -0.15) is 0 Å². The molecule has 0 unspecified atom stereocenters. The average Bonchev–Trinajstić information content (AvgIpc) is 2.85. The van der Waals surface area contributed by atoms with E-state index < -0.39 is 23.3 Å². The summed E-state index contributed by atoms with van der Waals surface area (Å²) in [6, 6.07) is 23.9. The maximum atomic E-state index is 12.0. The summed E-state index contributed by atoms with van der Waals surface area (Å²) in [5, 5.41) is 0. The maximum absolute atomic E-state index is 12.0. The van der Waals surface area contributed by atoms with E-state index in [9.17, 15) is 24.0 Å². The van der Waals surface area contributed by atoms with E-state index in [1.54, 1.807) is 86.0 Å². The number of hydrogen-bond donors (Lipinski definition) is 0. The van der Waals surface area contributed by atoms with Crippen molar-refractivity contribution in [3.05, 3.63) is 102 Å². The summed E-state index contributed by atoms with van der Waals surface area (Å²) < 4.78 is 5.02. The Morgan fingerprint density at radius 3 is 1.44 bits per heavy atom. The monoisotopic (exact) mass is 458 g/mol. The van der Waals surface area contributed by atoms with Crippen LogP contribution in [0, 0.1) is 5.92 Å². The maximum Gasteiger partial charge on any atom is 0.180 e. The Hall–Kier alpha value is -4.19. The molecule has 0 radical (unpaired) electrons. The highest BCUT2D eigenvalue weighted by Gasteiger charge is 2.28. The van der Waals surface area contributed by atoms with Crippen LogP contribution in [0.4, 0.5) is 0 Å². The summed E-state index contributed by atoms with van der Waals surface area (Å²) in [5.41, 5.74) is 1.47. The normalized spacial score (nSPS) is 10.0.